The van der Waals surface area contributed by atoms with Crippen LogP contribution in [0.5, 0.6) is 0 Å². The van der Waals surface area contributed by atoms with E-state index in [-0.39, 0.29) is 11.7 Å². The van der Waals surface area contributed by atoms with Crippen molar-refractivity contribution < 1.29 is 4.79 Å². The zero-order valence-electron chi connectivity index (χ0n) is 15.5. The molecular formula is C20H20N4OS2. The van der Waals surface area contributed by atoms with Crippen LogP contribution >= 0.6 is 23.1 Å². The number of carbonyl (C=O) groups excluding carboxylic acids is 1. The van der Waals surface area contributed by atoms with Crippen LogP contribution < -0.4 is 5.32 Å². The molecule has 1 atom stereocenters. The number of rotatable bonds is 4. The molecule has 0 saturated carbocycles. The topological polar surface area (TPSA) is 89.6 Å². The molecule has 0 saturated heterocycles. The van der Waals surface area contributed by atoms with E-state index in [0.717, 1.165) is 36.1 Å². The first-order valence-corrected chi connectivity index (χ1v) is 10.6. The molecule has 2 heterocycles. The molecule has 27 heavy (non-hydrogen) atoms. The van der Waals surface area contributed by atoms with Gasteiger partial charge >= 0.3 is 0 Å². The largest absolute Gasteiger partial charge is 0.316 e. The maximum Gasteiger partial charge on any atom is 0.235 e. The molecule has 138 valence electrons. The molecule has 1 unspecified atom stereocenters. The quantitative estimate of drug-likeness (QED) is 0.776. The van der Waals surface area contributed by atoms with Gasteiger partial charge in [-0.2, -0.15) is 10.5 Å². The van der Waals surface area contributed by atoms with Gasteiger partial charge in [-0.25, -0.2) is 4.98 Å². The third-order valence-electron chi connectivity index (χ3n) is 4.64. The summed E-state index contributed by atoms with van der Waals surface area (Å²) >= 11 is 2.77. The first-order chi connectivity index (χ1) is 12.9. The molecule has 0 radical (unpaired) electrons. The van der Waals surface area contributed by atoms with Gasteiger partial charge in [0.2, 0.25) is 5.91 Å². The van der Waals surface area contributed by atoms with E-state index >= 15 is 0 Å². The highest BCUT2D eigenvalue weighted by Gasteiger charge is 2.24. The Morgan fingerprint density at radius 2 is 2.11 bits per heavy atom. The van der Waals surface area contributed by atoms with Crippen LogP contribution in [0.3, 0.4) is 0 Å². The number of hydrogen-bond acceptors (Lipinski definition) is 6. The van der Waals surface area contributed by atoms with E-state index in [0.29, 0.717) is 27.1 Å². The molecule has 1 aliphatic rings. The van der Waals surface area contributed by atoms with Gasteiger partial charge in [-0.15, -0.1) is 11.3 Å². The summed E-state index contributed by atoms with van der Waals surface area (Å²) in [6.07, 6.45) is 2.95. The Morgan fingerprint density at radius 3 is 2.81 bits per heavy atom. The van der Waals surface area contributed by atoms with Crippen molar-refractivity contribution in [3.8, 4) is 12.1 Å². The summed E-state index contributed by atoms with van der Waals surface area (Å²) in [5.74, 6) is 0.573. The number of hydrogen-bond donors (Lipinski definition) is 1. The van der Waals surface area contributed by atoms with Crippen molar-refractivity contribution in [2.45, 2.75) is 45.1 Å². The van der Waals surface area contributed by atoms with E-state index in [2.05, 4.69) is 29.4 Å². The number of nitriles is 2. The number of nitrogens with one attached hydrogen (secondary N) is 1. The van der Waals surface area contributed by atoms with E-state index in [9.17, 15) is 15.3 Å². The van der Waals surface area contributed by atoms with Crippen molar-refractivity contribution in [1.29, 1.82) is 10.5 Å². The Balaban J connectivity index is 1.73. The van der Waals surface area contributed by atoms with Crippen LogP contribution in [0.1, 0.15) is 46.2 Å². The standard InChI is InChI=1S/C20H20N4OS2/c1-11-4-5-14-16(9-22)20(27-17(14)6-11)24-18(25)10-26-19-15(8-21)12(2)7-13(3)23-19/h7,11H,4-6,10H2,1-3H3,(H,24,25). The smallest absolute Gasteiger partial charge is 0.235 e. The fraction of sp³-hybridized carbons (Fsp3) is 0.400. The maximum absolute atomic E-state index is 12.5. The number of anilines is 1. The first-order valence-electron chi connectivity index (χ1n) is 8.78. The van der Waals surface area contributed by atoms with Crippen LogP contribution in [0.15, 0.2) is 11.1 Å². The second-order valence-electron chi connectivity index (χ2n) is 6.88. The van der Waals surface area contributed by atoms with Crippen molar-refractivity contribution in [3.05, 3.63) is 38.9 Å². The number of amides is 1. The summed E-state index contributed by atoms with van der Waals surface area (Å²) in [5.41, 5.74) is 3.91. The van der Waals surface area contributed by atoms with Crippen molar-refractivity contribution in [1.82, 2.24) is 4.98 Å². The maximum atomic E-state index is 12.5. The second kappa shape index (κ2) is 8.12. The van der Waals surface area contributed by atoms with E-state index in [1.807, 2.05) is 19.9 Å². The monoisotopic (exact) mass is 396 g/mol. The van der Waals surface area contributed by atoms with Crippen molar-refractivity contribution in [2.75, 3.05) is 11.1 Å². The molecule has 1 N–H and O–H groups in total. The zero-order valence-corrected chi connectivity index (χ0v) is 17.2. The molecule has 1 aliphatic carbocycles. The molecule has 1 amide bonds. The highest BCUT2D eigenvalue weighted by atomic mass is 32.2. The lowest BCUT2D eigenvalue weighted by Gasteiger charge is -2.17. The lowest BCUT2D eigenvalue weighted by Crippen LogP contribution is -2.14. The van der Waals surface area contributed by atoms with Crippen LogP contribution in [0.4, 0.5) is 5.00 Å². The number of thiophene rings is 1. The summed E-state index contributed by atoms with van der Waals surface area (Å²) in [7, 11) is 0. The Morgan fingerprint density at radius 1 is 1.37 bits per heavy atom. The summed E-state index contributed by atoms with van der Waals surface area (Å²) < 4.78 is 0. The summed E-state index contributed by atoms with van der Waals surface area (Å²) in [5, 5.41) is 23.0. The minimum atomic E-state index is -0.187. The molecule has 2 aromatic heterocycles. The molecule has 0 aromatic carbocycles. The van der Waals surface area contributed by atoms with Crippen LogP contribution in [-0.4, -0.2) is 16.6 Å². The molecule has 7 heteroatoms. The van der Waals surface area contributed by atoms with Gasteiger partial charge < -0.3 is 5.32 Å². The molecule has 0 spiro atoms. The second-order valence-corrected chi connectivity index (χ2v) is 8.95. The van der Waals surface area contributed by atoms with Crippen LogP contribution in [-0.2, 0) is 17.6 Å². The van der Waals surface area contributed by atoms with Gasteiger partial charge in [0.05, 0.1) is 16.9 Å². The Kier molecular flexibility index (Phi) is 5.84. The average molecular weight is 397 g/mol. The van der Waals surface area contributed by atoms with E-state index in [1.54, 1.807) is 0 Å². The molecule has 0 aliphatic heterocycles. The van der Waals surface area contributed by atoms with Gasteiger partial charge in [0.1, 0.15) is 22.2 Å². The summed E-state index contributed by atoms with van der Waals surface area (Å²) in [6, 6.07) is 6.29. The highest BCUT2D eigenvalue weighted by molar-refractivity contribution is 8.00. The summed E-state index contributed by atoms with van der Waals surface area (Å²) in [4.78, 5) is 18.1. The number of carbonyl (C=O) groups is 1. The lowest BCUT2D eigenvalue weighted by atomic mass is 9.89. The molecule has 2 aromatic rings. The molecule has 5 nitrogen and oxygen atoms in total. The third kappa shape index (κ3) is 4.16. The average Bonchev–Trinajstić information content (AvgIpc) is 2.95. The zero-order chi connectivity index (χ0) is 19.6. The molecule has 0 fully saturated rings. The fourth-order valence-corrected chi connectivity index (χ4v) is 5.57. The lowest BCUT2D eigenvalue weighted by molar-refractivity contribution is -0.113. The number of aryl methyl sites for hydroxylation is 2. The fourth-order valence-electron chi connectivity index (χ4n) is 3.30. The minimum absolute atomic E-state index is 0.147. The molecule has 0 bridgehead atoms. The van der Waals surface area contributed by atoms with Crippen molar-refractivity contribution >= 4 is 34.0 Å². The van der Waals surface area contributed by atoms with Gasteiger partial charge in [-0.05, 0) is 56.2 Å². The van der Waals surface area contributed by atoms with E-state index < -0.39 is 0 Å². The Hall–Kier alpha value is -2.35. The first kappa shape index (κ1) is 19.4. The molecule has 3 rings (SSSR count). The highest BCUT2D eigenvalue weighted by Crippen LogP contribution is 2.39. The predicted molar refractivity (Wildman–Crippen MR) is 108 cm³/mol. The van der Waals surface area contributed by atoms with Gasteiger partial charge in [-0.3, -0.25) is 4.79 Å². The van der Waals surface area contributed by atoms with Crippen LogP contribution in [0.25, 0.3) is 0 Å². The number of thioether (sulfide) groups is 1. The number of nitrogens with zero attached hydrogens (tertiary/aromatic N) is 3. The minimum Gasteiger partial charge on any atom is -0.316 e. The van der Waals surface area contributed by atoms with Crippen LogP contribution in [0, 0.1) is 42.4 Å². The van der Waals surface area contributed by atoms with Gasteiger partial charge in [-0.1, -0.05) is 18.7 Å². The number of pyridine rings is 1. The number of aromatic nitrogens is 1. The third-order valence-corrected chi connectivity index (χ3v) is 6.78. The Bertz CT molecular complexity index is 981. The van der Waals surface area contributed by atoms with Gasteiger partial charge in [0, 0.05) is 10.6 Å². The van der Waals surface area contributed by atoms with Crippen molar-refractivity contribution in [2.24, 2.45) is 5.92 Å². The predicted octanol–water partition coefficient (Wildman–Crippen LogP) is 4.36. The van der Waals surface area contributed by atoms with Crippen LogP contribution in [0.2, 0.25) is 0 Å². The summed E-state index contributed by atoms with van der Waals surface area (Å²) in [6.45, 7) is 5.95. The SMILES string of the molecule is Cc1cc(C)c(C#N)c(SCC(=O)Nc2sc3c(c2C#N)CCC(C)C3)n1. The van der Waals surface area contributed by atoms with E-state index in [4.69, 9.17) is 0 Å². The number of fused-ring (bicyclic) bond motifs is 1. The Labute approximate surface area is 167 Å². The normalized spacial score (nSPS) is 15.5. The van der Waals surface area contributed by atoms with Crippen molar-refractivity contribution in [3.63, 3.8) is 0 Å². The molecular weight excluding hydrogens is 376 g/mol. The van der Waals surface area contributed by atoms with Gasteiger partial charge in [0.15, 0.2) is 0 Å². The van der Waals surface area contributed by atoms with E-state index in [1.165, 1.54) is 28.0 Å². The van der Waals surface area contributed by atoms with Gasteiger partial charge in [0.25, 0.3) is 0 Å².